The molecule has 112 valence electrons. The second kappa shape index (κ2) is 5.14. The Morgan fingerprint density at radius 2 is 2.24 bits per heavy atom. The van der Waals surface area contributed by atoms with E-state index in [2.05, 4.69) is 4.98 Å². The number of hydrogen-bond acceptors (Lipinski definition) is 4. The van der Waals surface area contributed by atoms with E-state index in [1.807, 2.05) is 0 Å². The molecule has 1 saturated heterocycles. The first-order valence-electron chi connectivity index (χ1n) is 6.85. The van der Waals surface area contributed by atoms with Crippen molar-refractivity contribution < 1.29 is 18.3 Å². The molecule has 1 N–H and O–H groups in total. The average molecular weight is 308 g/mol. The summed E-state index contributed by atoms with van der Waals surface area (Å²) in [6.45, 7) is 0. The lowest BCUT2D eigenvalue weighted by Gasteiger charge is -2.20. The summed E-state index contributed by atoms with van der Waals surface area (Å²) in [5.74, 6) is -0.462. The number of pyridine rings is 1. The second-order valence-electron chi connectivity index (χ2n) is 5.50. The molecule has 3 heterocycles. The van der Waals surface area contributed by atoms with Crippen molar-refractivity contribution in [3.63, 3.8) is 0 Å². The molecule has 6 nitrogen and oxygen atoms in total. The standard InChI is InChI=1S/C14H16N2O4S/c17-14(18)12-4-1-5-13-15-11(8-16(12)13)7-10-3-2-6-21(19,20)9-10/h1,4-5,8,10H,2-3,6-7,9H2,(H,17,18). The van der Waals surface area contributed by atoms with Gasteiger partial charge in [0.2, 0.25) is 0 Å². The van der Waals surface area contributed by atoms with E-state index in [9.17, 15) is 13.2 Å². The number of nitrogens with zero attached hydrogens (tertiary/aromatic N) is 2. The van der Waals surface area contributed by atoms with Gasteiger partial charge in [0.15, 0.2) is 9.84 Å². The summed E-state index contributed by atoms with van der Waals surface area (Å²) in [7, 11) is -2.93. The van der Waals surface area contributed by atoms with Gasteiger partial charge in [-0.05, 0) is 37.3 Å². The summed E-state index contributed by atoms with van der Waals surface area (Å²) in [4.78, 5) is 15.6. The van der Waals surface area contributed by atoms with Crippen molar-refractivity contribution in [1.82, 2.24) is 9.38 Å². The Bertz CT molecular complexity index is 794. The number of imidazole rings is 1. The first kappa shape index (κ1) is 14.1. The highest BCUT2D eigenvalue weighted by molar-refractivity contribution is 7.91. The van der Waals surface area contributed by atoms with E-state index in [1.165, 1.54) is 10.5 Å². The van der Waals surface area contributed by atoms with Gasteiger partial charge in [0.1, 0.15) is 11.3 Å². The zero-order valence-electron chi connectivity index (χ0n) is 11.4. The van der Waals surface area contributed by atoms with Gasteiger partial charge in [0.25, 0.3) is 0 Å². The van der Waals surface area contributed by atoms with Gasteiger partial charge >= 0.3 is 5.97 Å². The minimum atomic E-state index is -2.93. The van der Waals surface area contributed by atoms with Gasteiger partial charge < -0.3 is 5.11 Å². The zero-order valence-corrected chi connectivity index (χ0v) is 12.2. The maximum atomic E-state index is 11.7. The van der Waals surface area contributed by atoms with Crippen molar-refractivity contribution in [3.05, 3.63) is 35.8 Å². The van der Waals surface area contributed by atoms with E-state index in [0.29, 0.717) is 18.5 Å². The third-order valence-corrected chi connectivity index (χ3v) is 5.71. The van der Waals surface area contributed by atoms with Crippen LogP contribution in [0.5, 0.6) is 0 Å². The van der Waals surface area contributed by atoms with Crippen LogP contribution in [0.25, 0.3) is 5.65 Å². The maximum absolute atomic E-state index is 11.7. The molecule has 0 aromatic carbocycles. The molecule has 0 spiro atoms. The van der Waals surface area contributed by atoms with Crippen LogP contribution in [0.3, 0.4) is 0 Å². The molecule has 1 aliphatic rings. The van der Waals surface area contributed by atoms with Gasteiger partial charge in [0, 0.05) is 6.20 Å². The molecule has 1 unspecified atom stereocenters. The lowest BCUT2D eigenvalue weighted by molar-refractivity contribution is 0.0689. The molecule has 0 radical (unpaired) electrons. The highest BCUT2D eigenvalue weighted by Gasteiger charge is 2.25. The number of aromatic carboxylic acids is 1. The number of carboxylic acids is 1. The summed E-state index contributed by atoms with van der Waals surface area (Å²) >= 11 is 0. The fourth-order valence-corrected chi connectivity index (χ4v) is 4.68. The van der Waals surface area contributed by atoms with E-state index in [-0.39, 0.29) is 23.1 Å². The van der Waals surface area contributed by atoms with Crippen LogP contribution >= 0.6 is 0 Å². The Hall–Kier alpha value is -1.89. The van der Waals surface area contributed by atoms with Crippen LogP contribution in [0.15, 0.2) is 24.4 Å². The summed E-state index contributed by atoms with van der Waals surface area (Å²) in [6, 6.07) is 4.92. The number of carbonyl (C=O) groups is 1. The fraction of sp³-hybridized carbons (Fsp3) is 0.429. The Morgan fingerprint density at radius 3 is 2.95 bits per heavy atom. The first-order chi connectivity index (χ1) is 9.94. The van der Waals surface area contributed by atoms with Crippen LogP contribution in [0.4, 0.5) is 0 Å². The van der Waals surface area contributed by atoms with Crippen molar-refractivity contribution in [1.29, 1.82) is 0 Å². The first-order valence-corrected chi connectivity index (χ1v) is 8.67. The molecule has 1 fully saturated rings. The van der Waals surface area contributed by atoms with Gasteiger partial charge in [-0.3, -0.25) is 4.40 Å². The molecular weight excluding hydrogens is 292 g/mol. The zero-order chi connectivity index (χ0) is 15.0. The molecule has 21 heavy (non-hydrogen) atoms. The maximum Gasteiger partial charge on any atom is 0.352 e. The highest BCUT2D eigenvalue weighted by atomic mass is 32.2. The molecule has 2 aromatic heterocycles. The Kier molecular flexibility index (Phi) is 3.44. The molecule has 7 heteroatoms. The predicted molar refractivity (Wildman–Crippen MR) is 77.2 cm³/mol. The van der Waals surface area contributed by atoms with Crippen LogP contribution < -0.4 is 0 Å². The summed E-state index contributed by atoms with van der Waals surface area (Å²) in [5.41, 5.74) is 1.47. The molecule has 0 amide bonds. The molecule has 1 aliphatic heterocycles. The third-order valence-electron chi connectivity index (χ3n) is 3.82. The average Bonchev–Trinajstić information content (AvgIpc) is 2.78. The number of hydrogen-bond donors (Lipinski definition) is 1. The highest BCUT2D eigenvalue weighted by Crippen LogP contribution is 2.22. The van der Waals surface area contributed by atoms with E-state index < -0.39 is 15.8 Å². The molecule has 1 atom stereocenters. The second-order valence-corrected chi connectivity index (χ2v) is 7.73. The SMILES string of the molecule is O=C(O)c1cccc2nc(CC3CCCS(=O)(=O)C3)cn12. The Balaban J connectivity index is 1.88. The van der Waals surface area contributed by atoms with E-state index >= 15 is 0 Å². The van der Waals surface area contributed by atoms with E-state index in [1.54, 1.807) is 18.3 Å². The molecule has 0 aliphatic carbocycles. The van der Waals surface area contributed by atoms with Gasteiger partial charge in [-0.25, -0.2) is 18.2 Å². The predicted octanol–water partition coefficient (Wildman–Crippen LogP) is 1.40. The van der Waals surface area contributed by atoms with E-state index in [4.69, 9.17) is 5.11 Å². The van der Waals surface area contributed by atoms with Crippen LogP contribution in [0, 0.1) is 5.92 Å². The van der Waals surface area contributed by atoms with Gasteiger partial charge in [-0.2, -0.15) is 0 Å². The van der Waals surface area contributed by atoms with Crippen LogP contribution in [-0.2, 0) is 16.3 Å². The van der Waals surface area contributed by atoms with Crippen molar-refractivity contribution in [2.24, 2.45) is 5.92 Å². The number of sulfone groups is 1. The van der Waals surface area contributed by atoms with Crippen LogP contribution in [0.1, 0.15) is 29.0 Å². The monoisotopic (exact) mass is 308 g/mol. The minimum Gasteiger partial charge on any atom is -0.477 e. The smallest absolute Gasteiger partial charge is 0.352 e. The summed E-state index contributed by atoms with van der Waals surface area (Å²) in [5, 5.41) is 9.15. The van der Waals surface area contributed by atoms with Gasteiger partial charge in [-0.1, -0.05) is 6.07 Å². The van der Waals surface area contributed by atoms with Crippen molar-refractivity contribution in [2.45, 2.75) is 19.3 Å². The van der Waals surface area contributed by atoms with Gasteiger partial charge in [-0.15, -0.1) is 0 Å². The lowest BCUT2D eigenvalue weighted by atomic mass is 10.00. The molecule has 0 bridgehead atoms. The summed E-state index contributed by atoms with van der Waals surface area (Å²) in [6.07, 6.45) is 3.83. The molecule has 3 rings (SSSR count). The Labute approximate surface area is 122 Å². The Morgan fingerprint density at radius 1 is 1.43 bits per heavy atom. The quantitative estimate of drug-likeness (QED) is 0.926. The number of fused-ring (bicyclic) bond motifs is 1. The lowest BCUT2D eigenvalue weighted by Crippen LogP contribution is -2.26. The fourth-order valence-electron chi connectivity index (χ4n) is 2.91. The van der Waals surface area contributed by atoms with Crippen molar-refractivity contribution in [2.75, 3.05) is 11.5 Å². The topological polar surface area (TPSA) is 88.7 Å². The normalized spacial score (nSPS) is 21.4. The third kappa shape index (κ3) is 2.92. The number of rotatable bonds is 3. The van der Waals surface area contributed by atoms with E-state index in [0.717, 1.165) is 12.1 Å². The summed E-state index contributed by atoms with van der Waals surface area (Å²) < 4.78 is 24.9. The van der Waals surface area contributed by atoms with Crippen molar-refractivity contribution in [3.8, 4) is 0 Å². The minimum absolute atomic E-state index is 0.0712. The van der Waals surface area contributed by atoms with Gasteiger partial charge in [0.05, 0.1) is 17.2 Å². The van der Waals surface area contributed by atoms with Crippen LogP contribution in [-0.4, -0.2) is 40.4 Å². The van der Waals surface area contributed by atoms with Crippen LogP contribution in [0.2, 0.25) is 0 Å². The molecular formula is C14H16N2O4S. The molecule has 0 saturated carbocycles. The largest absolute Gasteiger partial charge is 0.477 e. The van der Waals surface area contributed by atoms with Crippen molar-refractivity contribution >= 4 is 21.5 Å². The molecule has 2 aromatic rings. The number of aromatic nitrogens is 2. The number of carboxylic acid groups (broad SMARTS) is 1.